The zero-order valence-corrected chi connectivity index (χ0v) is 19.9. The Hall–Kier alpha value is -3.64. The summed E-state index contributed by atoms with van der Waals surface area (Å²) >= 11 is 0. The lowest BCUT2D eigenvalue weighted by Crippen LogP contribution is -2.54. The fourth-order valence-corrected chi connectivity index (χ4v) is 4.52. The van der Waals surface area contributed by atoms with Crippen LogP contribution in [-0.4, -0.2) is 47.6 Å². The molecule has 1 saturated heterocycles. The summed E-state index contributed by atoms with van der Waals surface area (Å²) in [6.45, 7) is 2.32. The van der Waals surface area contributed by atoms with Crippen molar-refractivity contribution >= 4 is 11.9 Å². The number of benzene rings is 3. The molecule has 1 atom stereocenters. The van der Waals surface area contributed by atoms with Gasteiger partial charge in [-0.25, -0.2) is 0 Å². The molecule has 0 unspecified atom stereocenters. The van der Waals surface area contributed by atoms with Crippen molar-refractivity contribution in [3.05, 3.63) is 95.6 Å². The van der Waals surface area contributed by atoms with Crippen LogP contribution >= 0.6 is 0 Å². The van der Waals surface area contributed by atoms with Gasteiger partial charge in [0, 0.05) is 38.5 Å². The minimum atomic E-state index is -0.836. The molecule has 1 heterocycles. The number of piperazine rings is 1. The minimum Gasteiger partial charge on any atom is -0.481 e. The van der Waals surface area contributed by atoms with Crippen molar-refractivity contribution in [2.45, 2.75) is 38.1 Å². The molecule has 0 bridgehead atoms. The van der Waals surface area contributed by atoms with Crippen LogP contribution in [0.2, 0.25) is 0 Å². The number of carbonyl (C=O) groups is 2. The maximum absolute atomic E-state index is 13.2. The molecule has 0 saturated carbocycles. The van der Waals surface area contributed by atoms with E-state index in [1.807, 2.05) is 71.6 Å². The molecule has 182 valence electrons. The third-order valence-electron chi connectivity index (χ3n) is 6.37. The average Bonchev–Trinajstić information content (AvgIpc) is 2.88. The summed E-state index contributed by atoms with van der Waals surface area (Å²) in [6, 6.07) is 25.7. The monoisotopic (exact) mass is 472 g/mol. The number of nitrogens with one attached hydrogen (secondary N) is 1. The number of hydrogen-bond donors (Lipinski definition) is 2. The lowest BCUT2D eigenvalue weighted by Gasteiger charge is -2.36. The zero-order chi connectivity index (χ0) is 24.5. The number of ether oxygens (including phenoxy) is 1. The highest BCUT2D eigenvalue weighted by Crippen LogP contribution is 2.30. The number of para-hydroxylation sites is 2. The van der Waals surface area contributed by atoms with Crippen LogP contribution in [0.25, 0.3) is 0 Å². The number of carboxylic acids is 1. The highest BCUT2D eigenvalue weighted by Gasteiger charge is 2.26. The highest BCUT2D eigenvalue weighted by molar-refractivity contribution is 5.77. The number of amides is 1. The third-order valence-corrected chi connectivity index (χ3v) is 6.37. The highest BCUT2D eigenvalue weighted by atomic mass is 16.5. The van der Waals surface area contributed by atoms with Crippen molar-refractivity contribution in [3.8, 4) is 11.5 Å². The number of carbonyl (C=O) groups excluding carboxylic acids is 1. The Bertz CT molecular complexity index is 1130. The van der Waals surface area contributed by atoms with Crippen LogP contribution in [0, 0.1) is 0 Å². The SMILES string of the molecule is O=C(O)CCc1ccccc1Oc1ccccc1CCC(=O)N1CCNC[C@H]1Cc1ccccc1. The molecule has 6 nitrogen and oxygen atoms in total. The second-order valence-electron chi connectivity index (χ2n) is 8.85. The first kappa shape index (κ1) is 24.5. The number of hydrogen-bond acceptors (Lipinski definition) is 4. The molecule has 6 heteroatoms. The fraction of sp³-hybridized carbons (Fsp3) is 0.310. The van der Waals surface area contributed by atoms with Crippen LogP contribution in [0.4, 0.5) is 0 Å². The summed E-state index contributed by atoms with van der Waals surface area (Å²) in [6.07, 6.45) is 2.27. The molecule has 3 aromatic carbocycles. The van der Waals surface area contributed by atoms with Crippen molar-refractivity contribution in [2.75, 3.05) is 19.6 Å². The Morgan fingerprint density at radius 3 is 2.11 bits per heavy atom. The Morgan fingerprint density at radius 1 is 0.857 bits per heavy atom. The average molecular weight is 473 g/mol. The molecule has 0 aliphatic carbocycles. The molecular formula is C29H32N2O4. The summed E-state index contributed by atoms with van der Waals surface area (Å²) in [7, 11) is 0. The number of nitrogens with zero attached hydrogens (tertiary/aromatic N) is 1. The molecule has 1 aliphatic heterocycles. The first-order valence-corrected chi connectivity index (χ1v) is 12.2. The van der Waals surface area contributed by atoms with E-state index in [0.29, 0.717) is 37.3 Å². The van der Waals surface area contributed by atoms with Gasteiger partial charge in [0.05, 0.1) is 0 Å². The largest absolute Gasteiger partial charge is 0.481 e. The van der Waals surface area contributed by atoms with E-state index in [2.05, 4.69) is 17.4 Å². The molecule has 1 aliphatic rings. The van der Waals surface area contributed by atoms with Crippen LogP contribution < -0.4 is 10.1 Å². The van der Waals surface area contributed by atoms with Gasteiger partial charge in [0.1, 0.15) is 11.5 Å². The van der Waals surface area contributed by atoms with E-state index in [1.165, 1.54) is 5.56 Å². The Balaban J connectivity index is 1.41. The fourth-order valence-electron chi connectivity index (χ4n) is 4.52. The number of aryl methyl sites for hydroxylation is 2. The van der Waals surface area contributed by atoms with Crippen LogP contribution in [0.15, 0.2) is 78.9 Å². The molecule has 1 fully saturated rings. The predicted molar refractivity (Wildman–Crippen MR) is 136 cm³/mol. The van der Waals surface area contributed by atoms with Gasteiger partial charge in [-0.2, -0.15) is 0 Å². The first-order chi connectivity index (χ1) is 17.1. The second kappa shape index (κ2) is 12.2. The first-order valence-electron chi connectivity index (χ1n) is 12.2. The van der Waals surface area contributed by atoms with E-state index >= 15 is 0 Å². The van der Waals surface area contributed by atoms with Crippen LogP contribution in [0.1, 0.15) is 29.5 Å². The quantitative estimate of drug-likeness (QED) is 0.455. The van der Waals surface area contributed by atoms with Gasteiger partial charge in [-0.05, 0) is 48.1 Å². The standard InChI is InChI=1S/C29H32N2O4/c32-28(31-19-18-30-21-25(31)20-22-8-2-1-3-9-22)16-14-23-10-4-6-12-26(23)35-27-13-7-5-11-24(27)15-17-29(33)34/h1-13,25,30H,14-21H2,(H,33,34)/t25-/m1/s1. The van der Waals surface area contributed by atoms with Gasteiger partial charge in [0.2, 0.25) is 5.91 Å². The van der Waals surface area contributed by atoms with Crippen molar-refractivity contribution in [1.82, 2.24) is 10.2 Å². The number of carboxylic acid groups (broad SMARTS) is 1. The van der Waals surface area contributed by atoms with Crippen molar-refractivity contribution in [2.24, 2.45) is 0 Å². The lowest BCUT2D eigenvalue weighted by atomic mass is 10.0. The summed E-state index contributed by atoms with van der Waals surface area (Å²) in [5, 5.41) is 12.5. The summed E-state index contributed by atoms with van der Waals surface area (Å²) in [5.41, 5.74) is 3.05. The Kier molecular flexibility index (Phi) is 8.52. The molecule has 0 aromatic heterocycles. The van der Waals surface area contributed by atoms with Crippen LogP contribution in [-0.2, 0) is 28.9 Å². The van der Waals surface area contributed by atoms with E-state index in [0.717, 1.165) is 30.6 Å². The van der Waals surface area contributed by atoms with E-state index in [9.17, 15) is 9.59 Å². The van der Waals surface area contributed by atoms with Crippen molar-refractivity contribution in [1.29, 1.82) is 0 Å². The molecule has 0 spiro atoms. The van der Waals surface area contributed by atoms with Gasteiger partial charge in [-0.15, -0.1) is 0 Å². The van der Waals surface area contributed by atoms with Crippen molar-refractivity contribution in [3.63, 3.8) is 0 Å². The van der Waals surface area contributed by atoms with E-state index in [-0.39, 0.29) is 18.4 Å². The molecular weight excluding hydrogens is 440 g/mol. The topological polar surface area (TPSA) is 78.9 Å². The van der Waals surface area contributed by atoms with Crippen LogP contribution in [0.3, 0.4) is 0 Å². The van der Waals surface area contributed by atoms with Gasteiger partial charge < -0.3 is 20.1 Å². The van der Waals surface area contributed by atoms with Crippen molar-refractivity contribution < 1.29 is 19.4 Å². The van der Waals surface area contributed by atoms with E-state index < -0.39 is 5.97 Å². The van der Waals surface area contributed by atoms with Gasteiger partial charge in [-0.3, -0.25) is 9.59 Å². The molecule has 3 aromatic rings. The van der Waals surface area contributed by atoms with Crippen LogP contribution in [0.5, 0.6) is 11.5 Å². The predicted octanol–water partition coefficient (Wildman–Crippen LogP) is 4.47. The molecule has 2 N–H and O–H groups in total. The second-order valence-corrected chi connectivity index (χ2v) is 8.85. The number of rotatable bonds is 10. The normalized spacial score (nSPS) is 15.5. The number of aliphatic carboxylic acids is 1. The van der Waals surface area contributed by atoms with E-state index in [1.54, 1.807) is 0 Å². The molecule has 0 radical (unpaired) electrons. The minimum absolute atomic E-state index is 0.0470. The summed E-state index contributed by atoms with van der Waals surface area (Å²) in [5.74, 6) is 0.670. The molecule has 4 rings (SSSR count). The van der Waals surface area contributed by atoms with E-state index in [4.69, 9.17) is 9.84 Å². The van der Waals surface area contributed by atoms with Gasteiger partial charge in [0.15, 0.2) is 0 Å². The summed E-state index contributed by atoms with van der Waals surface area (Å²) < 4.78 is 6.22. The van der Waals surface area contributed by atoms with Gasteiger partial charge in [0.25, 0.3) is 0 Å². The third kappa shape index (κ3) is 6.93. The Labute approximate surface area is 206 Å². The maximum Gasteiger partial charge on any atom is 0.303 e. The maximum atomic E-state index is 13.2. The van der Waals surface area contributed by atoms with Gasteiger partial charge in [-0.1, -0.05) is 66.7 Å². The Morgan fingerprint density at radius 2 is 1.46 bits per heavy atom. The zero-order valence-electron chi connectivity index (χ0n) is 19.9. The smallest absolute Gasteiger partial charge is 0.303 e. The summed E-state index contributed by atoms with van der Waals surface area (Å²) in [4.78, 5) is 26.3. The molecule has 1 amide bonds. The molecule has 35 heavy (non-hydrogen) atoms. The lowest BCUT2D eigenvalue weighted by molar-refractivity contribution is -0.137. The van der Waals surface area contributed by atoms with Gasteiger partial charge >= 0.3 is 5.97 Å².